The topological polar surface area (TPSA) is 21.3 Å². The molecular formula is C17H17BrFNO. The van der Waals surface area contributed by atoms with Crippen molar-refractivity contribution in [2.45, 2.75) is 18.9 Å². The number of ether oxygens (including phenoxy) is 1. The van der Waals surface area contributed by atoms with E-state index in [9.17, 15) is 4.39 Å². The molecule has 4 heteroatoms. The number of nitrogens with one attached hydrogen (secondary N) is 1. The van der Waals surface area contributed by atoms with Crippen molar-refractivity contribution in [3.63, 3.8) is 0 Å². The van der Waals surface area contributed by atoms with Gasteiger partial charge in [0.15, 0.2) is 0 Å². The number of benzene rings is 2. The van der Waals surface area contributed by atoms with Crippen LogP contribution in [0, 0.1) is 5.82 Å². The number of hydrogen-bond acceptors (Lipinski definition) is 2. The molecule has 2 aromatic rings. The molecule has 1 N–H and O–H groups in total. The Morgan fingerprint density at radius 2 is 1.95 bits per heavy atom. The van der Waals surface area contributed by atoms with Gasteiger partial charge in [-0.15, -0.1) is 0 Å². The molecule has 1 aliphatic rings. The number of fused-ring (bicyclic) bond motifs is 1. The van der Waals surface area contributed by atoms with Gasteiger partial charge in [-0.25, -0.2) is 4.39 Å². The summed E-state index contributed by atoms with van der Waals surface area (Å²) in [7, 11) is 1.91. The monoisotopic (exact) mass is 349 g/mol. The highest BCUT2D eigenvalue weighted by molar-refractivity contribution is 9.10. The molecule has 1 unspecified atom stereocenters. The van der Waals surface area contributed by atoms with Gasteiger partial charge in [0.1, 0.15) is 11.6 Å². The van der Waals surface area contributed by atoms with Crippen LogP contribution in [0.1, 0.15) is 29.2 Å². The summed E-state index contributed by atoms with van der Waals surface area (Å²) in [6.07, 6.45) is 2.11. The van der Waals surface area contributed by atoms with Gasteiger partial charge in [-0.1, -0.05) is 18.2 Å². The summed E-state index contributed by atoms with van der Waals surface area (Å²) in [6.45, 7) is 0.798. The first kappa shape index (κ1) is 14.5. The maximum absolute atomic E-state index is 13.4. The van der Waals surface area contributed by atoms with Crippen LogP contribution in [0.4, 0.5) is 4.39 Å². The molecule has 2 nitrogen and oxygen atoms in total. The molecule has 0 aliphatic carbocycles. The second kappa shape index (κ2) is 6.16. The average Bonchev–Trinajstić information content (AvgIpc) is 2.51. The van der Waals surface area contributed by atoms with E-state index in [0.29, 0.717) is 4.47 Å². The Balaban J connectivity index is 1.97. The van der Waals surface area contributed by atoms with Crippen molar-refractivity contribution in [2.75, 3.05) is 13.7 Å². The second-order valence-corrected chi connectivity index (χ2v) is 6.07. The van der Waals surface area contributed by atoms with E-state index in [4.69, 9.17) is 4.74 Å². The van der Waals surface area contributed by atoms with Crippen LogP contribution in [0.5, 0.6) is 5.75 Å². The highest BCUT2D eigenvalue weighted by Crippen LogP contribution is 2.31. The first-order valence-electron chi connectivity index (χ1n) is 7.07. The Hall–Kier alpha value is -1.39. The predicted molar refractivity (Wildman–Crippen MR) is 85.3 cm³/mol. The fraction of sp³-hybridized carbons (Fsp3) is 0.294. The fourth-order valence-corrected chi connectivity index (χ4v) is 3.17. The molecule has 0 aromatic heterocycles. The number of halogens is 2. The van der Waals surface area contributed by atoms with Crippen molar-refractivity contribution >= 4 is 15.9 Å². The summed E-state index contributed by atoms with van der Waals surface area (Å²) >= 11 is 3.25. The van der Waals surface area contributed by atoms with Gasteiger partial charge < -0.3 is 10.1 Å². The summed E-state index contributed by atoms with van der Waals surface area (Å²) in [5.74, 6) is 0.743. The molecular weight excluding hydrogens is 333 g/mol. The smallest absolute Gasteiger partial charge is 0.137 e. The minimum absolute atomic E-state index is 0.0362. The lowest BCUT2D eigenvalue weighted by Crippen LogP contribution is -2.18. The fourth-order valence-electron chi connectivity index (χ4n) is 2.78. The van der Waals surface area contributed by atoms with E-state index in [1.807, 2.05) is 25.2 Å². The van der Waals surface area contributed by atoms with Crippen LogP contribution in [0.25, 0.3) is 0 Å². The van der Waals surface area contributed by atoms with Crippen LogP contribution in [-0.2, 0) is 6.42 Å². The average molecular weight is 350 g/mol. The van der Waals surface area contributed by atoms with Crippen LogP contribution in [-0.4, -0.2) is 13.7 Å². The summed E-state index contributed by atoms with van der Waals surface area (Å²) in [4.78, 5) is 0. The number of aryl methyl sites for hydroxylation is 1. The van der Waals surface area contributed by atoms with Crippen molar-refractivity contribution in [1.29, 1.82) is 0 Å². The van der Waals surface area contributed by atoms with Crippen molar-refractivity contribution in [2.24, 2.45) is 0 Å². The lowest BCUT2D eigenvalue weighted by Gasteiger charge is -2.22. The van der Waals surface area contributed by atoms with Crippen LogP contribution in [0.2, 0.25) is 0 Å². The van der Waals surface area contributed by atoms with Crippen LogP contribution >= 0.6 is 15.9 Å². The van der Waals surface area contributed by atoms with Gasteiger partial charge in [0, 0.05) is 0 Å². The molecule has 0 spiro atoms. The van der Waals surface area contributed by atoms with E-state index in [1.165, 1.54) is 17.2 Å². The van der Waals surface area contributed by atoms with E-state index >= 15 is 0 Å². The highest BCUT2D eigenvalue weighted by atomic mass is 79.9. The zero-order chi connectivity index (χ0) is 14.8. The normalized spacial score (nSPS) is 15.2. The zero-order valence-electron chi connectivity index (χ0n) is 11.8. The SMILES string of the molecule is CNC(c1ccc(F)c(Br)c1)c1ccc2c(c1)CCCO2. The van der Waals surface area contributed by atoms with Crippen LogP contribution in [0.15, 0.2) is 40.9 Å². The van der Waals surface area contributed by atoms with Gasteiger partial charge in [-0.2, -0.15) is 0 Å². The van der Waals surface area contributed by atoms with Crippen molar-refractivity contribution < 1.29 is 9.13 Å². The third kappa shape index (κ3) is 2.97. The first-order chi connectivity index (χ1) is 10.2. The molecule has 1 heterocycles. The quantitative estimate of drug-likeness (QED) is 0.895. The van der Waals surface area contributed by atoms with Gasteiger partial charge >= 0.3 is 0 Å². The summed E-state index contributed by atoms with van der Waals surface area (Å²) in [5.41, 5.74) is 3.45. The molecule has 0 saturated heterocycles. The highest BCUT2D eigenvalue weighted by Gasteiger charge is 2.17. The minimum atomic E-state index is -0.243. The Morgan fingerprint density at radius 1 is 1.19 bits per heavy atom. The third-order valence-electron chi connectivity index (χ3n) is 3.83. The predicted octanol–water partition coefficient (Wildman–Crippen LogP) is 4.22. The molecule has 0 bridgehead atoms. The van der Waals surface area contributed by atoms with Gasteiger partial charge in [0.2, 0.25) is 0 Å². The van der Waals surface area contributed by atoms with E-state index in [2.05, 4.69) is 33.4 Å². The molecule has 0 fully saturated rings. The molecule has 3 rings (SSSR count). The lowest BCUT2D eigenvalue weighted by molar-refractivity contribution is 0.288. The van der Waals surface area contributed by atoms with Gasteiger partial charge in [0.05, 0.1) is 17.1 Å². The molecule has 2 aromatic carbocycles. The largest absolute Gasteiger partial charge is 0.493 e. The van der Waals surface area contributed by atoms with Gasteiger partial charge in [-0.05, 0) is 70.7 Å². The van der Waals surface area contributed by atoms with Crippen LogP contribution in [0.3, 0.4) is 0 Å². The second-order valence-electron chi connectivity index (χ2n) is 5.21. The minimum Gasteiger partial charge on any atom is -0.493 e. The Morgan fingerprint density at radius 3 is 2.71 bits per heavy atom. The van der Waals surface area contributed by atoms with Crippen molar-refractivity contribution in [3.8, 4) is 5.75 Å². The first-order valence-corrected chi connectivity index (χ1v) is 7.86. The molecule has 0 saturated carbocycles. The maximum Gasteiger partial charge on any atom is 0.137 e. The molecule has 110 valence electrons. The van der Waals surface area contributed by atoms with Crippen LogP contribution < -0.4 is 10.1 Å². The Bertz CT molecular complexity index is 659. The molecule has 1 aliphatic heterocycles. The maximum atomic E-state index is 13.4. The molecule has 1 atom stereocenters. The van der Waals surface area contributed by atoms with E-state index in [-0.39, 0.29) is 11.9 Å². The Kier molecular flexibility index (Phi) is 4.27. The zero-order valence-corrected chi connectivity index (χ0v) is 13.4. The number of hydrogen-bond donors (Lipinski definition) is 1. The molecule has 0 radical (unpaired) electrons. The van der Waals surface area contributed by atoms with Crippen molar-refractivity contribution in [3.05, 3.63) is 63.4 Å². The van der Waals surface area contributed by atoms with E-state index in [0.717, 1.165) is 30.8 Å². The summed E-state index contributed by atoms with van der Waals surface area (Å²) < 4.78 is 19.6. The van der Waals surface area contributed by atoms with Gasteiger partial charge in [0.25, 0.3) is 0 Å². The van der Waals surface area contributed by atoms with E-state index in [1.54, 1.807) is 0 Å². The molecule has 0 amide bonds. The third-order valence-corrected chi connectivity index (χ3v) is 4.44. The summed E-state index contributed by atoms with van der Waals surface area (Å²) in [5, 5.41) is 3.30. The van der Waals surface area contributed by atoms with Gasteiger partial charge in [-0.3, -0.25) is 0 Å². The van der Waals surface area contributed by atoms with Crippen molar-refractivity contribution in [1.82, 2.24) is 5.32 Å². The standard InChI is InChI=1S/C17H17BrFNO/c1-20-17(13-4-6-15(19)14(18)10-13)12-5-7-16-11(9-12)3-2-8-21-16/h4-7,9-10,17,20H,2-3,8H2,1H3. The summed E-state index contributed by atoms with van der Waals surface area (Å²) in [6, 6.07) is 11.5. The van der Waals surface area contributed by atoms with E-state index < -0.39 is 0 Å². The Labute approximate surface area is 132 Å². The lowest BCUT2D eigenvalue weighted by atomic mass is 9.95. The molecule has 21 heavy (non-hydrogen) atoms. The number of rotatable bonds is 3.